The Labute approximate surface area is 182 Å². The van der Waals surface area contributed by atoms with Gasteiger partial charge in [0.2, 0.25) is 5.91 Å². The second-order valence-electron chi connectivity index (χ2n) is 7.32. The largest absolute Gasteiger partial charge is 0.435 e. The molecule has 0 radical (unpaired) electrons. The van der Waals surface area contributed by atoms with Gasteiger partial charge in [-0.2, -0.15) is 8.78 Å². The average Bonchev–Trinajstić information content (AvgIpc) is 2.72. The lowest BCUT2D eigenvalue weighted by molar-refractivity contribution is -0.120. The number of nitrogens with one attached hydrogen (secondary N) is 1. The number of carbonyl (C=O) groups is 1. The highest BCUT2D eigenvalue weighted by Gasteiger charge is 2.20. The van der Waals surface area contributed by atoms with Gasteiger partial charge in [-0.3, -0.25) is 14.2 Å². The molecule has 1 aromatic heterocycles. The van der Waals surface area contributed by atoms with E-state index in [0.29, 0.717) is 34.2 Å². The van der Waals surface area contributed by atoms with E-state index < -0.39 is 11.9 Å². The third-order valence-electron chi connectivity index (χ3n) is 4.40. The first-order valence-corrected chi connectivity index (χ1v) is 10.7. The van der Waals surface area contributed by atoms with E-state index in [4.69, 9.17) is 0 Å². The average molecular weight is 448 g/mol. The molecule has 3 aromatic rings. The number of para-hydroxylation sites is 1. The van der Waals surface area contributed by atoms with E-state index >= 15 is 0 Å². The van der Waals surface area contributed by atoms with Crippen LogP contribution in [-0.4, -0.2) is 33.9 Å². The van der Waals surface area contributed by atoms with E-state index in [-0.39, 0.29) is 17.2 Å². The fourth-order valence-electron chi connectivity index (χ4n) is 2.86. The van der Waals surface area contributed by atoms with Crippen LogP contribution in [0.25, 0.3) is 16.6 Å². The van der Waals surface area contributed by atoms with Crippen molar-refractivity contribution >= 4 is 28.6 Å². The zero-order chi connectivity index (χ0) is 22.5. The van der Waals surface area contributed by atoms with E-state index in [1.807, 2.05) is 13.8 Å². The Morgan fingerprint density at radius 3 is 2.45 bits per heavy atom. The summed E-state index contributed by atoms with van der Waals surface area (Å²) >= 11 is 1.16. The van der Waals surface area contributed by atoms with Gasteiger partial charge in [-0.05, 0) is 49.2 Å². The number of ether oxygens (including phenoxy) is 1. The van der Waals surface area contributed by atoms with Crippen molar-refractivity contribution in [2.24, 2.45) is 5.92 Å². The molecule has 3 rings (SSSR count). The van der Waals surface area contributed by atoms with E-state index in [9.17, 15) is 18.4 Å². The van der Waals surface area contributed by atoms with E-state index in [2.05, 4.69) is 15.0 Å². The number of amides is 1. The molecule has 31 heavy (non-hydrogen) atoms. The van der Waals surface area contributed by atoms with Crippen LogP contribution in [0.4, 0.5) is 8.78 Å². The number of alkyl halides is 2. The summed E-state index contributed by atoms with van der Waals surface area (Å²) in [4.78, 5) is 30.3. The maximum absolute atomic E-state index is 13.2. The molecule has 0 saturated heterocycles. The first kappa shape index (κ1) is 22.7. The smallest absolute Gasteiger partial charge is 0.387 e. The van der Waals surface area contributed by atoms with Crippen LogP contribution in [0.1, 0.15) is 20.8 Å². The van der Waals surface area contributed by atoms with Crippen molar-refractivity contribution in [3.63, 3.8) is 0 Å². The van der Waals surface area contributed by atoms with E-state index in [1.54, 1.807) is 31.2 Å². The minimum absolute atomic E-state index is 0.0174. The number of hydrogen-bond donors (Lipinski definition) is 1. The molecule has 1 N–H and O–H groups in total. The Bertz CT molecular complexity index is 1120. The van der Waals surface area contributed by atoms with Gasteiger partial charge in [0.25, 0.3) is 5.56 Å². The predicted molar refractivity (Wildman–Crippen MR) is 117 cm³/mol. The molecule has 0 bridgehead atoms. The lowest BCUT2D eigenvalue weighted by Gasteiger charge is -2.17. The summed E-state index contributed by atoms with van der Waals surface area (Å²) in [5.41, 5.74) is 0.631. The third kappa shape index (κ3) is 5.61. The SMILES string of the molecule is CC(C)CNC(=O)C(C)Sc1nc2ccccc2c(=O)n1-c1ccc(OC(F)F)cc1. The van der Waals surface area contributed by atoms with Gasteiger partial charge in [-0.25, -0.2) is 4.98 Å². The Morgan fingerprint density at radius 1 is 1.13 bits per heavy atom. The maximum Gasteiger partial charge on any atom is 0.387 e. The molecule has 0 aliphatic heterocycles. The normalized spacial score (nSPS) is 12.4. The highest BCUT2D eigenvalue weighted by molar-refractivity contribution is 8.00. The molecule has 0 spiro atoms. The number of rotatable bonds is 8. The number of thioether (sulfide) groups is 1. The number of fused-ring (bicyclic) bond motifs is 1. The van der Waals surface area contributed by atoms with Crippen LogP contribution in [0.3, 0.4) is 0 Å². The summed E-state index contributed by atoms with van der Waals surface area (Å²) in [6, 6.07) is 12.6. The van der Waals surface area contributed by atoms with Crippen molar-refractivity contribution in [2.45, 2.75) is 37.8 Å². The molecule has 1 atom stereocenters. The van der Waals surface area contributed by atoms with E-state index in [1.165, 1.54) is 28.8 Å². The molecule has 6 nitrogen and oxygen atoms in total. The van der Waals surface area contributed by atoms with Gasteiger partial charge in [0.1, 0.15) is 5.75 Å². The molecule has 1 unspecified atom stereocenters. The number of benzene rings is 2. The molecule has 164 valence electrons. The molecular weight excluding hydrogens is 424 g/mol. The van der Waals surface area contributed by atoms with Gasteiger partial charge < -0.3 is 10.1 Å². The topological polar surface area (TPSA) is 73.2 Å². The van der Waals surface area contributed by atoms with Gasteiger partial charge in [-0.1, -0.05) is 37.7 Å². The summed E-state index contributed by atoms with van der Waals surface area (Å²) < 4.78 is 30.7. The molecule has 0 aliphatic rings. The van der Waals surface area contributed by atoms with Crippen LogP contribution >= 0.6 is 11.8 Å². The molecule has 2 aromatic carbocycles. The molecular formula is C22H23F2N3O3S. The predicted octanol–water partition coefficient (Wildman–Crippen LogP) is 4.24. The zero-order valence-electron chi connectivity index (χ0n) is 17.3. The monoisotopic (exact) mass is 447 g/mol. The number of nitrogens with zero attached hydrogens (tertiary/aromatic N) is 2. The minimum atomic E-state index is -2.94. The summed E-state index contributed by atoms with van der Waals surface area (Å²) in [6.45, 7) is 3.36. The van der Waals surface area contributed by atoms with Crippen LogP contribution in [0.5, 0.6) is 5.75 Å². The first-order chi connectivity index (χ1) is 14.8. The third-order valence-corrected chi connectivity index (χ3v) is 5.45. The van der Waals surface area contributed by atoms with Crippen molar-refractivity contribution in [3.8, 4) is 11.4 Å². The Kier molecular flexibility index (Phi) is 7.27. The number of hydrogen-bond acceptors (Lipinski definition) is 5. The second kappa shape index (κ2) is 9.91. The van der Waals surface area contributed by atoms with Gasteiger partial charge in [0, 0.05) is 6.54 Å². The van der Waals surface area contributed by atoms with E-state index in [0.717, 1.165) is 11.8 Å². The summed E-state index contributed by atoms with van der Waals surface area (Å²) in [5.74, 6) is 0.136. The van der Waals surface area contributed by atoms with Crippen molar-refractivity contribution in [1.29, 1.82) is 0 Å². The minimum Gasteiger partial charge on any atom is -0.435 e. The van der Waals surface area contributed by atoms with Crippen molar-refractivity contribution in [3.05, 3.63) is 58.9 Å². The van der Waals surface area contributed by atoms with Gasteiger partial charge in [0.05, 0.1) is 21.8 Å². The van der Waals surface area contributed by atoms with Gasteiger partial charge in [0.15, 0.2) is 5.16 Å². The Morgan fingerprint density at radius 2 is 1.81 bits per heavy atom. The molecule has 0 aliphatic carbocycles. The van der Waals surface area contributed by atoms with Crippen LogP contribution in [0, 0.1) is 5.92 Å². The molecule has 1 amide bonds. The van der Waals surface area contributed by atoms with Crippen LogP contribution in [0.15, 0.2) is 58.5 Å². The highest BCUT2D eigenvalue weighted by atomic mass is 32.2. The van der Waals surface area contributed by atoms with Crippen molar-refractivity contribution in [2.75, 3.05) is 6.54 Å². The number of aromatic nitrogens is 2. The number of halogens is 2. The fraction of sp³-hybridized carbons (Fsp3) is 0.318. The molecule has 9 heteroatoms. The molecule has 0 saturated carbocycles. The van der Waals surface area contributed by atoms with Crippen LogP contribution in [-0.2, 0) is 4.79 Å². The van der Waals surface area contributed by atoms with Crippen LogP contribution in [0.2, 0.25) is 0 Å². The number of carbonyl (C=O) groups excluding carboxylic acids is 1. The first-order valence-electron chi connectivity index (χ1n) is 9.77. The van der Waals surface area contributed by atoms with Gasteiger partial charge in [-0.15, -0.1) is 0 Å². The Balaban J connectivity index is 2.02. The lowest BCUT2D eigenvalue weighted by atomic mass is 10.2. The highest BCUT2D eigenvalue weighted by Crippen LogP contribution is 2.26. The zero-order valence-corrected chi connectivity index (χ0v) is 18.2. The Hall–Kier alpha value is -2.94. The standard InChI is InChI=1S/C22H23F2N3O3S/c1-13(2)12-25-19(28)14(3)31-22-26-18-7-5-4-6-17(18)20(29)27(22)15-8-10-16(11-9-15)30-21(23)24/h4-11,13-14,21H,12H2,1-3H3,(H,25,28). The molecule has 1 heterocycles. The molecule has 0 fully saturated rings. The van der Waals surface area contributed by atoms with Crippen LogP contribution < -0.4 is 15.6 Å². The second-order valence-corrected chi connectivity index (χ2v) is 8.63. The quantitative estimate of drug-likeness (QED) is 0.413. The fourth-order valence-corrected chi connectivity index (χ4v) is 3.81. The van der Waals surface area contributed by atoms with Gasteiger partial charge >= 0.3 is 6.61 Å². The maximum atomic E-state index is 13.2. The lowest BCUT2D eigenvalue weighted by Crippen LogP contribution is -2.34. The van der Waals surface area contributed by atoms with Crippen molar-refractivity contribution in [1.82, 2.24) is 14.9 Å². The summed E-state index contributed by atoms with van der Waals surface area (Å²) in [5, 5.41) is 3.12. The van der Waals surface area contributed by atoms with Crippen molar-refractivity contribution < 1.29 is 18.3 Å². The summed E-state index contributed by atoms with van der Waals surface area (Å²) in [7, 11) is 0. The summed E-state index contributed by atoms with van der Waals surface area (Å²) in [6.07, 6.45) is 0.